The Kier molecular flexibility index (Phi) is 9.48. The van der Waals surface area contributed by atoms with E-state index in [0.717, 1.165) is 42.2 Å². The van der Waals surface area contributed by atoms with Gasteiger partial charge in [0.1, 0.15) is 16.9 Å². The number of nitrogens with zero attached hydrogens (tertiary/aromatic N) is 1. The fraction of sp³-hybridized carbons (Fsp3) is 0.412. The molecule has 222 valence electrons. The fourth-order valence-electron chi connectivity index (χ4n) is 5.51. The minimum Gasteiger partial charge on any atom is -0.462 e. The van der Waals surface area contributed by atoms with E-state index in [0.29, 0.717) is 16.3 Å². The zero-order valence-electron chi connectivity index (χ0n) is 25.3. The molecule has 1 atom stereocenters. The minimum atomic E-state index is -0.864. The number of rotatable bonds is 12. The summed E-state index contributed by atoms with van der Waals surface area (Å²) < 4.78 is 10.6. The number of esters is 2. The lowest BCUT2D eigenvalue weighted by molar-refractivity contribution is -0.112. The van der Waals surface area contributed by atoms with Crippen LogP contribution in [0.15, 0.2) is 41.4 Å². The summed E-state index contributed by atoms with van der Waals surface area (Å²) in [6.07, 6.45) is 5.62. The molecular formula is C34H40N2O5S. The van der Waals surface area contributed by atoms with Gasteiger partial charge in [-0.2, -0.15) is 0 Å². The van der Waals surface area contributed by atoms with Crippen LogP contribution in [-0.2, 0) is 31.6 Å². The number of thiophene rings is 1. The van der Waals surface area contributed by atoms with Crippen LogP contribution in [0.3, 0.4) is 0 Å². The number of ether oxygens (including phenoxy) is 2. The van der Waals surface area contributed by atoms with Gasteiger partial charge in [-0.1, -0.05) is 51.1 Å². The summed E-state index contributed by atoms with van der Waals surface area (Å²) in [6.45, 7) is 11.6. The number of aliphatic imine (C=N–C) groups is 1. The van der Waals surface area contributed by atoms with E-state index in [1.165, 1.54) is 28.0 Å². The first-order chi connectivity index (χ1) is 20.1. The van der Waals surface area contributed by atoms with Crippen molar-refractivity contribution in [3.05, 3.63) is 74.7 Å². The molecule has 8 heteroatoms. The topological polar surface area (TPSA) is 108 Å². The Hall–Kier alpha value is -3.62. The number of hydrogen-bond acceptors (Lipinski definition) is 8. The second-order valence-corrected chi connectivity index (χ2v) is 11.9. The van der Waals surface area contributed by atoms with Crippen LogP contribution in [0.25, 0.3) is 11.1 Å². The molecule has 0 bridgehead atoms. The number of nitrogens with two attached hydrogens (primary N) is 1. The highest BCUT2D eigenvalue weighted by Gasteiger charge is 2.36. The molecule has 4 rings (SSSR count). The number of benzene rings is 2. The predicted octanol–water partition coefficient (Wildman–Crippen LogP) is 7.26. The normalized spacial score (nSPS) is 13.9. The average Bonchev–Trinajstić information content (AvgIpc) is 3.56. The van der Waals surface area contributed by atoms with Gasteiger partial charge in [0, 0.05) is 16.6 Å². The van der Waals surface area contributed by atoms with Crippen molar-refractivity contribution in [1.29, 1.82) is 0 Å². The SMILES string of the molecule is CCOC(=O)c1c(N=Cc2ccc3c(c2)Cc2cc(C(C=O)(CC)CC)ccc2-3)sc(C(C)(N)CC)c1C(=O)OCC. The molecule has 1 aliphatic carbocycles. The molecule has 2 aromatic carbocycles. The van der Waals surface area contributed by atoms with Gasteiger partial charge in [0.2, 0.25) is 0 Å². The summed E-state index contributed by atoms with van der Waals surface area (Å²) in [5.74, 6) is -1.24. The molecule has 1 aromatic heterocycles. The lowest BCUT2D eigenvalue weighted by Crippen LogP contribution is -2.33. The molecule has 1 unspecified atom stereocenters. The summed E-state index contributed by atoms with van der Waals surface area (Å²) in [6, 6.07) is 12.6. The molecule has 2 N–H and O–H groups in total. The lowest BCUT2D eigenvalue weighted by Gasteiger charge is -2.26. The average molecular weight is 589 g/mol. The van der Waals surface area contributed by atoms with Crippen LogP contribution < -0.4 is 5.73 Å². The Morgan fingerprint density at radius 3 is 2.07 bits per heavy atom. The maximum Gasteiger partial charge on any atom is 0.342 e. The number of aldehydes is 1. The predicted molar refractivity (Wildman–Crippen MR) is 168 cm³/mol. The van der Waals surface area contributed by atoms with E-state index >= 15 is 0 Å². The molecule has 0 fully saturated rings. The van der Waals surface area contributed by atoms with Crippen LogP contribution in [0.1, 0.15) is 109 Å². The third-order valence-electron chi connectivity index (χ3n) is 8.40. The Labute approximate surface area is 252 Å². The molecule has 3 aromatic rings. The molecule has 7 nitrogen and oxygen atoms in total. The maximum absolute atomic E-state index is 13.1. The summed E-state index contributed by atoms with van der Waals surface area (Å²) in [5, 5.41) is 0.356. The van der Waals surface area contributed by atoms with Crippen LogP contribution in [-0.4, -0.2) is 37.7 Å². The van der Waals surface area contributed by atoms with Crippen molar-refractivity contribution in [2.45, 2.75) is 78.2 Å². The van der Waals surface area contributed by atoms with Gasteiger partial charge in [0.05, 0.1) is 24.2 Å². The molecule has 0 aliphatic heterocycles. The molecular weight excluding hydrogens is 548 g/mol. The Morgan fingerprint density at radius 1 is 0.905 bits per heavy atom. The highest BCUT2D eigenvalue weighted by molar-refractivity contribution is 7.16. The summed E-state index contributed by atoms with van der Waals surface area (Å²) >= 11 is 1.22. The summed E-state index contributed by atoms with van der Waals surface area (Å²) in [4.78, 5) is 43.5. The third kappa shape index (κ3) is 5.70. The number of fused-ring (bicyclic) bond motifs is 3. The minimum absolute atomic E-state index is 0.0864. The van der Waals surface area contributed by atoms with E-state index in [2.05, 4.69) is 44.2 Å². The zero-order valence-corrected chi connectivity index (χ0v) is 26.2. The number of carbonyl (C=O) groups excluding carboxylic acids is 3. The first kappa shape index (κ1) is 31.3. The third-order valence-corrected chi connectivity index (χ3v) is 9.78. The van der Waals surface area contributed by atoms with Crippen molar-refractivity contribution in [1.82, 2.24) is 0 Å². The maximum atomic E-state index is 13.1. The van der Waals surface area contributed by atoms with E-state index in [1.807, 2.05) is 19.9 Å². The van der Waals surface area contributed by atoms with E-state index in [-0.39, 0.29) is 24.3 Å². The van der Waals surface area contributed by atoms with Crippen molar-refractivity contribution >= 4 is 40.8 Å². The van der Waals surface area contributed by atoms with Crippen LogP contribution >= 0.6 is 11.3 Å². The largest absolute Gasteiger partial charge is 0.462 e. The van der Waals surface area contributed by atoms with Gasteiger partial charge < -0.3 is 20.0 Å². The molecule has 0 radical (unpaired) electrons. The van der Waals surface area contributed by atoms with Crippen molar-refractivity contribution in [2.75, 3.05) is 13.2 Å². The summed E-state index contributed by atoms with van der Waals surface area (Å²) in [5.41, 5.74) is 12.1. The molecule has 0 saturated carbocycles. The number of carbonyl (C=O) groups is 3. The van der Waals surface area contributed by atoms with Crippen molar-refractivity contribution in [3.8, 4) is 11.1 Å². The quantitative estimate of drug-likeness (QED) is 0.106. The van der Waals surface area contributed by atoms with Crippen molar-refractivity contribution in [2.24, 2.45) is 10.7 Å². The van der Waals surface area contributed by atoms with E-state index in [9.17, 15) is 14.4 Å². The van der Waals surface area contributed by atoms with Gasteiger partial charge in [0.25, 0.3) is 0 Å². The van der Waals surface area contributed by atoms with Gasteiger partial charge in [-0.25, -0.2) is 14.6 Å². The van der Waals surface area contributed by atoms with E-state index < -0.39 is 22.9 Å². The highest BCUT2D eigenvalue weighted by Crippen LogP contribution is 2.43. The Balaban J connectivity index is 1.73. The molecule has 42 heavy (non-hydrogen) atoms. The van der Waals surface area contributed by atoms with Gasteiger partial charge in [0.15, 0.2) is 0 Å². The monoisotopic (exact) mass is 588 g/mol. The molecule has 1 heterocycles. The standard InChI is InChI=1S/C34H40N2O5S/c1-7-33(6,35)29-27(31(38)40-10-4)28(32(39)41-11-5)30(42-29)36-19-21-12-14-25-22(16-21)17-23-18-24(13-15-26(23)25)34(8-2,9-3)20-37/h12-16,18-20H,7-11,17,35H2,1-6H3. The van der Waals surface area contributed by atoms with Crippen molar-refractivity contribution < 1.29 is 23.9 Å². The van der Waals surface area contributed by atoms with E-state index in [1.54, 1.807) is 20.1 Å². The number of hydrogen-bond donors (Lipinski definition) is 1. The highest BCUT2D eigenvalue weighted by atomic mass is 32.1. The van der Waals surface area contributed by atoms with Gasteiger partial charge in [-0.15, -0.1) is 11.3 Å². The Morgan fingerprint density at radius 2 is 1.50 bits per heavy atom. The fourth-order valence-corrected chi connectivity index (χ4v) is 6.76. The van der Waals surface area contributed by atoms with Crippen LogP contribution in [0.4, 0.5) is 5.00 Å². The van der Waals surface area contributed by atoms with Gasteiger partial charge in [-0.05, 0) is 85.9 Å². The van der Waals surface area contributed by atoms with Crippen molar-refractivity contribution in [3.63, 3.8) is 0 Å². The van der Waals surface area contributed by atoms with E-state index in [4.69, 9.17) is 20.2 Å². The van der Waals surface area contributed by atoms with Crippen LogP contribution in [0.2, 0.25) is 0 Å². The molecule has 0 saturated heterocycles. The second kappa shape index (κ2) is 12.7. The Bertz CT molecular complexity index is 1530. The first-order valence-corrected chi connectivity index (χ1v) is 15.5. The van der Waals surface area contributed by atoms with Gasteiger partial charge >= 0.3 is 11.9 Å². The van der Waals surface area contributed by atoms with Crippen LogP contribution in [0, 0.1) is 0 Å². The lowest BCUT2D eigenvalue weighted by atomic mass is 9.76. The molecule has 0 spiro atoms. The summed E-state index contributed by atoms with van der Waals surface area (Å²) in [7, 11) is 0. The second-order valence-electron chi connectivity index (χ2n) is 10.9. The van der Waals surface area contributed by atoms with Gasteiger partial charge in [-0.3, -0.25) is 0 Å². The van der Waals surface area contributed by atoms with Crippen LogP contribution in [0.5, 0.6) is 0 Å². The zero-order chi connectivity index (χ0) is 30.7. The smallest absolute Gasteiger partial charge is 0.342 e. The molecule has 0 amide bonds. The molecule has 1 aliphatic rings. The first-order valence-electron chi connectivity index (χ1n) is 14.7.